The van der Waals surface area contributed by atoms with E-state index in [1.165, 1.54) is 0 Å². The normalized spacial score (nSPS) is 15.0. The summed E-state index contributed by atoms with van der Waals surface area (Å²) in [6.07, 6.45) is 0. The van der Waals surface area contributed by atoms with Crippen molar-refractivity contribution in [1.82, 2.24) is 5.32 Å². The largest absolute Gasteiger partial charge is 0.368 e. The van der Waals surface area contributed by atoms with Crippen molar-refractivity contribution in [3.63, 3.8) is 0 Å². The van der Waals surface area contributed by atoms with Crippen LogP contribution >= 0.6 is 48.0 Å². The monoisotopic (exact) mass is 302 g/mol. The minimum atomic E-state index is 0. The maximum atomic E-state index is 6.13. The Morgan fingerprint density at radius 2 is 1.69 bits per heavy atom. The van der Waals surface area contributed by atoms with Gasteiger partial charge in [0, 0.05) is 26.2 Å². The molecule has 92 valence electrons. The van der Waals surface area contributed by atoms with Gasteiger partial charge in [0.1, 0.15) is 0 Å². The summed E-state index contributed by atoms with van der Waals surface area (Å²) in [4.78, 5) is 2.25. The van der Waals surface area contributed by atoms with Crippen LogP contribution in [-0.4, -0.2) is 26.2 Å². The zero-order valence-electron chi connectivity index (χ0n) is 8.58. The average Bonchev–Trinajstić information content (AvgIpc) is 2.23. The summed E-state index contributed by atoms with van der Waals surface area (Å²) >= 11 is 12.1. The van der Waals surface area contributed by atoms with Gasteiger partial charge in [-0.15, -0.1) is 24.8 Å². The van der Waals surface area contributed by atoms with Gasteiger partial charge >= 0.3 is 0 Å². The van der Waals surface area contributed by atoms with E-state index in [1.54, 1.807) is 0 Å². The van der Waals surface area contributed by atoms with Crippen LogP contribution < -0.4 is 10.2 Å². The first-order chi connectivity index (χ1) is 6.79. The lowest BCUT2D eigenvalue weighted by molar-refractivity contribution is 0.589. The fourth-order valence-corrected chi connectivity index (χ4v) is 2.06. The average molecular weight is 304 g/mol. The number of benzene rings is 1. The van der Waals surface area contributed by atoms with Gasteiger partial charge in [-0.1, -0.05) is 29.3 Å². The zero-order chi connectivity index (χ0) is 9.97. The third-order valence-corrected chi connectivity index (χ3v) is 3.20. The number of nitrogens with one attached hydrogen (secondary N) is 1. The molecule has 0 saturated carbocycles. The summed E-state index contributed by atoms with van der Waals surface area (Å²) in [6, 6.07) is 5.76. The summed E-state index contributed by atoms with van der Waals surface area (Å²) in [6.45, 7) is 3.98. The molecule has 6 heteroatoms. The van der Waals surface area contributed by atoms with Crippen molar-refractivity contribution in [3.05, 3.63) is 28.2 Å². The topological polar surface area (TPSA) is 15.3 Å². The molecule has 1 fully saturated rings. The molecule has 0 amide bonds. The van der Waals surface area contributed by atoms with E-state index in [0.29, 0.717) is 10.0 Å². The molecule has 0 aliphatic carbocycles. The standard InChI is InChI=1S/C10H12Cl2N2.2ClH/c11-8-2-1-3-9(10(8)12)14-6-4-13-5-7-14;;/h1-3,13H,4-7H2;2*1H. The van der Waals surface area contributed by atoms with Gasteiger partial charge in [-0.2, -0.15) is 0 Å². The molecule has 1 aromatic rings. The maximum absolute atomic E-state index is 6.13. The molecular formula is C10H14Cl4N2. The van der Waals surface area contributed by atoms with Gasteiger partial charge in [0.15, 0.2) is 0 Å². The van der Waals surface area contributed by atoms with Gasteiger partial charge < -0.3 is 10.2 Å². The molecule has 1 aromatic carbocycles. The van der Waals surface area contributed by atoms with Gasteiger partial charge in [0.05, 0.1) is 15.7 Å². The lowest BCUT2D eigenvalue weighted by Gasteiger charge is -2.30. The van der Waals surface area contributed by atoms with Crippen LogP contribution in [0.2, 0.25) is 10.0 Å². The van der Waals surface area contributed by atoms with E-state index in [9.17, 15) is 0 Å². The van der Waals surface area contributed by atoms with Gasteiger partial charge in [0.25, 0.3) is 0 Å². The summed E-state index contributed by atoms with van der Waals surface area (Å²) in [5.41, 5.74) is 1.04. The maximum Gasteiger partial charge on any atom is 0.0825 e. The van der Waals surface area contributed by atoms with Crippen molar-refractivity contribution in [2.75, 3.05) is 31.1 Å². The summed E-state index contributed by atoms with van der Waals surface area (Å²) in [7, 11) is 0. The first-order valence-electron chi connectivity index (χ1n) is 4.69. The van der Waals surface area contributed by atoms with Crippen LogP contribution in [-0.2, 0) is 0 Å². The molecule has 1 aliphatic heterocycles. The smallest absolute Gasteiger partial charge is 0.0825 e. The van der Waals surface area contributed by atoms with Crippen LogP contribution in [0.25, 0.3) is 0 Å². The lowest BCUT2D eigenvalue weighted by atomic mass is 10.2. The Hall–Kier alpha value is 0.140. The molecule has 1 aliphatic rings. The Labute approximate surface area is 118 Å². The lowest BCUT2D eigenvalue weighted by Crippen LogP contribution is -2.43. The van der Waals surface area contributed by atoms with E-state index in [0.717, 1.165) is 31.9 Å². The molecule has 0 aromatic heterocycles. The summed E-state index contributed by atoms with van der Waals surface area (Å²) in [5, 5.41) is 4.59. The highest BCUT2D eigenvalue weighted by Crippen LogP contribution is 2.32. The molecule has 1 saturated heterocycles. The predicted octanol–water partition coefficient (Wildman–Crippen LogP) is 3.25. The Balaban J connectivity index is 0.00000112. The van der Waals surface area contributed by atoms with Crippen LogP contribution in [0.15, 0.2) is 18.2 Å². The summed E-state index contributed by atoms with van der Waals surface area (Å²) < 4.78 is 0. The second kappa shape index (κ2) is 7.46. The number of nitrogens with zero attached hydrogens (tertiary/aromatic N) is 1. The number of halogens is 4. The molecule has 1 N–H and O–H groups in total. The third-order valence-electron chi connectivity index (χ3n) is 2.39. The van der Waals surface area contributed by atoms with E-state index in [1.807, 2.05) is 18.2 Å². The number of anilines is 1. The van der Waals surface area contributed by atoms with E-state index < -0.39 is 0 Å². The number of hydrogen-bond donors (Lipinski definition) is 1. The fourth-order valence-electron chi connectivity index (χ4n) is 1.64. The quantitative estimate of drug-likeness (QED) is 0.857. The number of rotatable bonds is 1. The second-order valence-corrected chi connectivity index (χ2v) is 4.10. The Morgan fingerprint density at radius 1 is 1.06 bits per heavy atom. The fraction of sp³-hybridized carbons (Fsp3) is 0.400. The van der Waals surface area contributed by atoms with Crippen molar-refractivity contribution in [2.45, 2.75) is 0 Å². The number of hydrogen-bond acceptors (Lipinski definition) is 2. The molecule has 2 rings (SSSR count). The predicted molar refractivity (Wildman–Crippen MR) is 76.0 cm³/mol. The first-order valence-corrected chi connectivity index (χ1v) is 5.44. The van der Waals surface area contributed by atoms with Crippen molar-refractivity contribution in [2.24, 2.45) is 0 Å². The zero-order valence-corrected chi connectivity index (χ0v) is 11.7. The Kier molecular flexibility index (Phi) is 7.53. The van der Waals surface area contributed by atoms with Crippen LogP contribution in [0.1, 0.15) is 0 Å². The molecule has 0 bridgehead atoms. The van der Waals surface area contributed by atoms with Crippen molar-refractivity contribution < 1.29 is 0 Å². The van der Waals surface area contributed by atoms with Crippen molar-refractivity contribution in [1.29, 1.82) is 0 Å². The second-order valence-electron chi connectivity index (χ2n) is 3.31. The SMILES string of the molecule is Cl.Cl.Clc1cccc(N2CCNCC2)c1Cl. The Morgan fingerprint density at radius 3 is 2.31 bits per heavy atom. The van der Waals surface area contributed by atoms with E-state index in [4.69, 9.17) is 23.2 Å². The molecule has 1 heterocycles. The molecule has 16 heavy (non-hydrogen) atoms. The third kappa shape index (κ3) is 3.57. The van der Waals surface area contributed by atoms with Crippen molar-refractivity contribution >= 4 is 53.7 Å². The van der Waals surface area contributed by atoms with E-state index in [-0.39, 0.29) is 24.8 Å². The highest BCUT2D eigenvalue weighted by atomic mass is 35.5. The highest BCUT2D eigenvalue weighted by Gasteiger charge is 2.14. The van der Waals surface area contributed by atoms with E-state index >= 15 is 0 Å². The molecule has 2 nitrogen and oxygen atoms in total. The van der Waals surface area contributed by atoms with Gasteiger partial charge in [-0.3, -0.25) is 0 Å². The van der Waals surface area contributed by atoms with Crippen LogP contribution in [0.3, 0.4) is 0 Å². The highest BCUT2D eigenvalue weighted by molar-refractivity contribution is 6.43. The van der Waals surface area contributed by atoms with E-state index in [2.05, 4.69) is 10.2 Å². The summed E-state index contributed by atoms with van der Waals surface area (Å²) in [5.74, 6) is 0. The van der Waals surface area contributed by atoms with Gasteiger partial charge in [0.2, 0.25) is 0 Å². The Bertz CT molecular complexity index is 327. The van der Waals surface area contributed by atoms with Crippen LogP contribution in [0, 0.1) is 0 Å². The van der Waals surface area contributed by atoms with Crippen molar-refractivity contribution in [3.8, 4) is 0 Å². The number of piperazine rings is 1. The van der Waals surface area contributed by atoms with Gasteiger partial charge in [-0.25, -0.2) is 0 Å². The molecule has 0 spiro atoms. The molecule has 0 unspecified atom stereocenters. The first kappa shape index (κ1) is 16.1. The minimum absolute atomic E-state index is 0. The molecular weight excluding hydrogens is 290 g/mol. The molecule has 0 atom stereocenters. The minimum Gasteiger partial charge on any atom is -0.368 e. The van der Waals surface area contributed by atoms with Crippen LogP contribution in [0.4, 0.5) is 5.69 Å². The molecule has 0 radical (unpaired) electrons. The van der Waals surface area contributed by atoms with Crippen LogP contribution in [0.5, 0.6) is 0 Å². The van der Waals surface area contributed by atoms with Gasteiger partial charge in [-0.05, 0) is 12.1 Å².